The van der Waals surface area contributed by atoms with Crippen molar-refractivity contribution in [2.24, 2.45) is 0 Å². The van der Waals surface area contributed by atoms with Crippen molar-refractivity contribution in [1.29, 1.82) is 0 Å². The van der Waals surface area contributed by atoms with Crippen molar-refractivity contribution in [2.45, 2.75) is 64.0 Å². The molecule has 2 rings (SSSR count). The van der Waals surface area contributed by atoms with Crippen LogP contribution < -0.4 is 5.32 Å². The highest BCUT2D eigenvalue weighted by Gasteiger charge is 2.23. The molecule has 92 valence electrons. The van der Waals surface area contributed by atoms with Gasteiger partial charge in [-0.05, 0) is 39.0 Å². The Hall–Kier alpha value is -0.570. The van der Waals surface area contributed by atoms with Crippen molar-refractivity contribution < 1.29 is 4.79 Å². The van der Waals surface area contributed by atoms with Gasteiger partial charge >= 0.3 is 0 Å². The molecule has 0 spiro atoms. The number of nitrogens with one attached hydrogen (secondary N) is 1. The van der Waals surface area contributed by atoms with Gasteiger partial charge in [-0.2, -0.15) is 0 Å². The van der Waals surface area contributed by atoms with Crippen LogP contribution in [0.25, 0.3) is 0 Å². The monoisotopic (exact) mass is 224 g/mol. The van der Waals surface area contributed by atoms with E-state index >= 15 is 0 Å². The van der Waals surface area contributed by atoms with Crippen LogP contribution in [0.3, 0.4) is 0 Å². The summed E-state index contributed by atoms with van der Waals surface area (Å²) in [6, 6.07) is 1.05. The highest BCUT2D eigenvalue weighted by Crippen LogP contribution is 2.18. The summed E-state index contributed by atoms with van der Waals surface area (Å²) in [6.45, 7) is 3.69. The molecule has 3 nitrogen and oxygen atoms in total. The molecule has 1 heterocycles. The zero-order chi connectivity index (χ0) is 11.4. The lowest BCUT2D eigenvalue weighted by molar-refractivity contribution is -0.133. The molecular formula is C13H24N2O. The topological polar surface area (TPSA) is 32.3 Å². The fraction of sp³-hybridized carbons (Fsp3) is 0.923. The maximum Gasteiger partial charge on any atom is 0.236 e. The molecule has 1 N–H and O–H groups in total. The van der Waals surface area contributed by atoms with Crippen molar-refractivity contribution in [2.75, 3.05) is 13.1 Å². The average Bonchev–Trinajstić information content (AvgIpc) is 2.79. The molecule has 16 heavy (non-hydrogen) atoms. The number of piperidine rings is 1. The minimum Gasteiger partial charge on any atom is -0.339 e. The highest BCUT2D eigenvalue weighted by atomic mass is 16.2. The van der Waals surface area contributed by atoms with Gasteiger partial charge < -0.3 is 10.2 Å². The Morgan fingerprint density at radius 1 is 1.19 bits per heavy atom. The van der Waals surface area contributed by atoms with E-state index in [1.165, 1.54) is 44.9 Å². The molecule has 1 atom stereocenters. The van der Waals surface area contributed by atoms with E-state index in [4.69, 9.17) is 0 Å². The van der Waals surface area contributed by atoms with Gasteiger partial charge in [-0.1, -0.05) is 12.8 Å². The largest absolute Gasteiger partial charge is 0.339 e. The van der Waals surface area contributed by atoms with Crippen LogP contribution in [0.1, 0.15) is 51.9 Å². The lowest BCUT2D eigenvalue weighted by Crippen LogP contribution is -2.47. The molecule has 1 amide bonds. The molecular weight excluding hydrogens is 200 g/mol. The van der Waals surface area contributed by atoms with Gasteiger partial charge in [0.05, 0.1) is 6.54 Å². The summed E-state index contributed by atoms with van der Waals surface area (Å²) < 4.78 is 0. The van der Waals surface area contributed by atoms with E-state index in [1.54, 1.807) is 0 Å². The van der Waals surface area contributed by atoms with Gasteiger partial charge in [-0.15, -0.1) is 0 Å². The van der Waals surface area contributed by atoms with Crippen LogP contribution in [0.5, 0.6) is 0 Å². The summed E-state index contributed by atoms with van der Waals surface area (Å²) >= 11 is 0. The Morgan fingerprint density at radius 3 is 2.56 bits per heavy atom. The van der Waals surface area contributed by atoms with Crippen molar-refractivity contribution in [3.05, 3.63) is 0 Å². The molecule has 0 radical (unpaired) electrons. The number of hydrogen-bond donors (Lipinski definition) is 1. The minimum absolute atomic E-state index is 0.305. The predicted octanol–water partition coefficient (Wildman–Crippen LogP) is 1.92. The van der Waals surface area contributed by atoms with E-state index in [9.17, 15) is 4.79 Å². The van der Waals surface area contributed by atoms with Crippen molar-refractivity contribution >= 4 is 5.91 Å². The van der Waals surface area contributed by atoms with Gasteiger partial charge in [-0.3, -0.25) is 4.79 Å². The quantitative estimate of drug-likeness (QED) is 0.794. The first kappa shape index (κ1) is 11.9. The Balaban J connectivity index is 1.73. The van der Waals surface area contributed by atoms with Gasteiger partial charge in [0.25, 0.3) is 0 Å². The van der Waals surface area contributed by atoms with Crippen LogP contribution in [0.4, 0.5) is 0 Å². The predicted molar refractivity (Wildman–Crippen MR) is 65.3 cm³/mol. The summed E-state index contributed by atoms with van der Waals surface area (Å²) in [4.78, 5) is 14.1. The van der Waals surface area contributed by atoms with Gasteiger partial charge in [0, 0.05) is 18.6 Å². The maximum absolute atomic E-state index is 12.0. The molecule has 1 aliphatic heterocycles. The number of hydrogen-bond acceptors (Lipinski definition) is 2. The number of nitrogens with zero attached hydrogens (tertiary/aromatic N) is 1. The van der Waals surface area contributed by atoms with Gasteiger partial charge in [0.15, 0.2) is 0 Å². The Kier molecular flexibility index (Phi) is 4.22. The van der Waals surface area contributed by atoms with Crippen LogP contribution in [0.15, 0.2) is 0 Å². The van der Waals surface area contributed by atoms with Crippen LogP contribution in [0, 0.1) is 0 Å². The lowest BCUT2D eigenvalue weighted by Gasteiger charge is -2.33. The van der Waals surface area contributed by atoms with Gasteiger partial charge in [-0.25, -0.2) is 0 Å². The molecule has 0 aromatic heterocycles. The molecule has 2 aliphatic rings. The Morgan fingerprint density at radius 2 is 1.88 bits per heavy atom. The van der Waals surface area contributed by atoms with E-state index in [0.717, 1.165) is 6.54 Å². The van der Waals surface area contributed by atoms with E-state index in [2.05, 4.69) is 17.1 Å². The maximum atomic E-state index is 12.0. The zero-order valence-electron chi connectivity index (χ0n) is 10.4. The number of carbonyl (C=O) groups excluding carboxylic acids is 1. The summed E-state index contributed by atoms with van der Waals surface area (Å²) in [5.41, 5.74) is 0. The molecule has 1 saturated heterocycles. The van der Waals surface area contributed by atoms with Gasteiger partial charge in [0.2, 0.25) is 5.91 Å². The lowest BCUT2D eigenvalue weighted by atomic mass is 10.0. The molecule has 1 aliphatic carbocycles. The fourth-order valence-corrected chi connectivity index (χ4v) is 2.93. The summed E-state index contributed by atoms with van der Waals surface area (Å²) in [5.74, 6) is 0.305. The molecule has 2 fully saturated rings. The number of amides is 1. The molecule has 1 unspecified atom stereocenters. The second-order valence-corrected chi connectivity index (χ2v) is 5.29. The summed E-state index contributed by atoms with van der Waals surface area (Å²) in [7, 11) is 0. The summed E-state index contributed by atoms with van der Waals surface area (Å²) in [6.07, 6.45) is 8.79. The van der Waals surface area contributed by atoms with Crippen molar-refractivity contribution in [1.82, 2.24) is 10.2 Å². The van der Waals surface area contributed by atoms with Crippen molar-refractivity contribution in [3.8, 4) is 0 Å². The molecule has 3 heteroatoms. The van der Waals surface area contributed by atoms with E-state index in [1.807, 2.05) is 0 Å². The first-order chi connectivity index (χ1) is 7.77. The number of rotatable bonds is 3. The highest BCUT2D eigenvalue weighted by molar-refractivity contribution is 5.78. The minimum atomic E-state index is 0.305. The molecule has 0 aromatic carbocycles. The second kappa shape index (κ2) is 5.67. The zero-order valence-corrected chi connectivity index (χ0v) is 10.4. The Labute approximate surface area is 98.6 Å². The van der Waals surface area contributed by atoms with E-state index < -0.39 is 0 Å². The molecule has 1 saturated carbocycles. The van der Waals surface area contributed by atoms with E-state index in [0.29, 0.717) is 24.5 Å². The van der Waals surface area contributed by atoms with Crippen LogP contribution in [0.2, 0.25) is 0 Å². The molecule has 0 aromatic rings. The van der Waals surface area contributed by atoms with E-state index in [-0.39, 0.29) is 0 Å². The van der Waals surface area contributed by atoms with Crippen LogP contribution in [-0.4, -0.2) is 36.0 Å². The summed E-state index contributed by atoms with van der Waals surface area (Å²) in [5, 5.41) is 3.41. The third-order valence-corrected chi connectivity index (χ3v) is 4.02. The van der Waals surface area contributed by atoms with Crippen LogP contribution >= 0.6 is 0 Å². The molecule has 0 bridgehead atoms. The average molecular weight is 224 g/mol. The first-order valence-corrected chi connectivity index (χ1v) is 6.80. The SMILES string of the molecule is CC1CCCCN1C(=O)CNC1CCCC1. The Bertz CT molecular complexity index is 236. The smallest absolute Gasteiger partial charge is 0.236 e. The third kappa shape index (κ3) is 2.97. The second-order valence-electron chi connectivity index (χ2n) is 5.29. The van der Waals surface area contributed by atoms with Crippen molar-refractivity contribution in [3.63, 3.8) is 0 Å². The van der Waals surface area contributed by atoms with Gasteiger partial charge in [0.1, 0.15) is 0 Å². The van der Waals surface area contributed by atoms with Crippen LogP contribution in [-0.2, 0) is 4.79 Å². The normalized spacial score (nSPS) is 27.3. The first-order valence-electron chi connectivity index (χ1n) is 6.80. The standard InChI is InChI=1S/C13H24N2O/c1-11-6-4-5-9-15(11)13(16)10-14-12-7-2-3-8-12/h11-12,14H,2-10H2,1H3. The number of likely N-dealkylation sites (tertiary alicyclic amines) is 1. The number of carbonyl (C=O) groups is 1. The fourth-order valence-electron chi connectivity index (χ4n) is 2.93. The third-order valence-electron chi connectivity index (χ3n) is 4.02.